The molecule has 1 aliphatic rings. The lowest BCUT2D eigenvalue weighted by atomic mass is 10.4. The van der Waals surface area contributed by atoms with Crippen molar-refractivity contribution in [3.63, 3.8) is 0 Å². The number of ether oxygens (including phenoxy) is 1. The van der Waals surface area contributed by atoms with Crippen LogP contribution in [0.3, 0.4) is 0 Å². The second-order valence-corrected chi connectivity index (χ2v) is 1.51. The van der Waals surface area contributed by atoms with E-state index in [0.717, 1.165) is 0 Å². The van der Waals surface area contributed by atoms with Crippen LogP contribution in [-0.2, 0) is 9.68 Å². The molecule has 0 fully saturated rings. The Balaban J connectivity index is 2.31. The van der Waals surface area contributed by atoms with E-state index in [0.29, 0.717) is 6.61 Å². The molecule has 1 aliphatic heterocycles. The molecule has 4 heteroatoms. The Morgan fingerprint density at radius 3 is 2.78 bits per heavy atom. The molecule has 0 aromatic heterocycles. The van der Waals surface area contributed by atoms with Gasteiger partial charge in [-0.2, -0.15) is 0 Å². The van der Waals surface area contributed by atoms with E-state index < -0.39 is 0 Å². The first-order valence-electron chi connectivity index (χ1n) is 2.78. The number of hydrogen-bond donors (Lipinski definition) is 0. The maximum Gasteiger partial charge on any atom is 0.134 e. The van der Waals surface area contributed by atoms with Gasteiger partial charge in [-0.3, -0.25) is 0 Å². The second kappa shape index (κ2) is 3.19. The zero-order valence-electron chi connectivity index (χ0n) is 5.15. The molecule has 0 spiro atoms. The summed E-state index contributed by atoms with van der Waals surface area (Å²) in [5.41, 5.74) is 0. The number of hydrogen-bond acceptors (Lipinski definition) is 4. The van der Waals surface area contributed by atoms with Crippen LogP contribution in [-0.4, -0.2) is 25.1 Å². The summed E-state index contributed by atoms with van der Waals surface area (Å²) in [5, 5.41) is 6.86. The molecule has 9 heavy (non-hydrogen) atoms. The Morgan fingerprint density at radius 2 is 2.22 bits per heavy atom. The van der Waals surface area contributed by atoms with Gasteiger partial charge in [0.25, 0.3) is 0 Å². The maximum atomic E-state index is 5.10. The van der Waals surface area contributed by atoms with Crippen LogP contribution in [0.25, 0.3) is 0 Å². The van der Waals surface area contributed by atoms with Gasteiger partial charge in [0.1, 0.15) is 6.10 Å². The number of oxime groups is 2. The first kappa shape index (κ1) is 6.22. The maximum absolute atomic E-state index is 5.10. The number of rotatable bonds is 2. The van der Waals surface area contributed by atoms with Gasteiger partial charge >= 0.3 is 0 Å². The molecule has 1 rings (SSSR count). The molecule has 0 aromatic rings. The van der Waals surface area contributed by atoms with Gasteiger partial charge in [-0.25, -0.2) is 4.94 Å². The lowest BCUT2D eigenvalue weighted by Crippen LogP contribution is -2.18. The molecule has 0 unspecified atom stereocenters. The fraction of sp³-hybridized carbons (Fsp3) is 0.600. The van der Waals surface area contributed by atoms with Crippen LogP contribution in [0.15, 0.2) is 10.3 Å². The summed E-state index contributed by atoms with van der Waals surface area (Å²) in [6.45, 7) is 2.57. The summed E-state index contributed by atoms with van der Waals surface area (Å²) in [4.78, 5) is 4.30. The van der Waals surface area contributed by atoms with Gasteiger partial charge in [-0.05, 0) is 6.92 Å². The van der Waals surface area contributed by atoms with Gasteiger partial charge in [0, 0.05) is 6.61 Å². The molecule has 0 aromatic carbocycles. The van der Waals surface area contributed by atoms with Gasteiger partial charge in [0.05, 0.1) is 12.4 Å². The van der Waals surface area contributed by atoms with Crippen LogP contribution >= 0.6 is 0 Å². The van der Waals surface area contributed by atoms with E-state index in [4.69, 9.17) is 4.74 Å². The second-order valence-electron chi connectivity index (χ2n) is 1.51. The summed E-state index contributed by atoms with van der Waals surface area (Å²) in [6.07, 6.45) is 3.00. The van der Waals surface area contributed by atoms with Crippen molar-refractivity contribution in [3.05, 3.63) is 0 Å². The molecule has 0 radical (unpaired) electrons. The molecular formula is C5H8N2O2. The molecule has 0 atom stereocenters. The first-order valence-corrected chi connectivity index (χ1v) is 2.78. The van der Waals surface area contributed by atoms with Gasteiger partial charge in [0.15, 0.2) is 0 Å². The van der Waals surface area contributed by atoms with E-state index in [1.54, 1.807) is 12.4 Å². The highest BCUT2D eigenvalue weighted by Gasteiger charge is 2.03. The molecule has 50 valence electrons. The lowest BCUT2D eigenvalue weighted by molar-refractivity contribution is 0.116. The van der Waals surface area contributed by atoms with Crippen LogP contribution in [0, 0.1) is 0 Å². The minimum absolute atomic E-state index is 0.108. The predicted molar refractivity (Wildman–Crippen MR) is 33.5 cm³/mol. The normalized spacial score (nSPS) is 17.9. The van der Waals surface area contributed by atoms with Crippen LogP contribution in [0.5, 0.6) is 0 Å². The quantitative estimate of drug-likeness (QED) is 0.540. The topological polar surface area (TPSA) is 43.2 Å². The van der Waals surface area contributed by atoms with E-state index in [1.165, 1.54) is 0 Å². The molecule has 0 amide bonds. The van der Waals surface area contributed by atoms with Crippen molar-refractivity contribution in [1.29, 1.82) is 0 Å². The van der Waals surface area contributed by atoms with Crippen molar-refractivity contribution >= 4 is 12.4 Å². The Morgan fingerprint density at radius 1 is 1.56 bits per heavy atom. The molecular weight excluding hydrogens is 120 g/mol. The van der Waals surface area contributed by atoms with Gasteiger partial charge in [-0.1, -0.05) is 10.3 Å². The summed E-state index contributed by atoms with van der Waals surface area (Å²) >= 11 is 0. The Hall–Kier alpha value is -0.900. The molecule has 0 aliphatic carbocycles. The third-order valence-corrected chi connectivity index (χ3v) is 0.869. The third-order valence-electron chi connectivity index (χ3n) is 0.869. The summed E-state index contributed by atoms with van der Waals surface area (Å²) in [5.74, 6) is 0. The standard InChI is InChI=1S/C5H8N2O2/c1-2-8-5-3-6-9-7-4-5/h3-5H,2H2,1H3. The van der Waals surface area contributed by atoms with E-state index in [1.807, 2.05) is 6.92 Å². The summed E-state index contributed by atoms with van der Waals surface area (Å²) in [6, 6.07) is 0. The van der Waals surface area contributed by atoms with E-state index >= 15 is 0 Å². The van der Waals surface area contributed by atoms with Gasteiger partial charge in [-0.15, -0.1) is 0 Å². The van der Waals surface area contributed by atoms with E-state index in [2.05, 4.69) is 15.2 Å². The van der Waals surface area contributed by atoms with Crippen LogP contribution in [0.1, 0.15) is 6.92 Å². The van der Waals surface area contributed by atoms with E-state index in [-0.39, 0.29) is 6.10 Å². The van der Waals surface area contributed by atoms with Crippen LogP contribution < -0.4 is 0 Å². The Kier molecular flexibility index (Phi) is 2.21. The SMILES string of the molecule is CCOC1C=NON=C1. The van der Waals surface area contributed by atoms with Crippen molar-refractivity contribution < 1.29 is 9.68 Å². The Labute approximate surface area is 53.1 Å². The highest BCUT2D eigenvalue weighted by atomic mass is 16.8. The summed E-state index contributed by atoms with van der Waals surface area (Å²) in [7, 11) is 0. The van der Waals surface area contributed by atoms with Crippen molar-refractivity contribution in [2.45, 2.75) is 13.0 Å². The Bertz CT molecular complexity index is 121. The largest absolute Gasteiger partial charge is 0.367 e. The monoisotopic (exact) mass is 128 g/mol. The zero-order valence-corrected chi connectivity index (χ0v) is 5.15. The first-order chi connectivity index (χ1) is 4.43. The molecule has 0 N–H and O–H groups in total. The average Bonchev–Trinajstić information content (AvgIpc) is 1.91. The molecule has 0 saturated heterocycles. The highest BCUT2D eigenvalue weighted by Crippen LogP contribution is 1.91. The van der Waals surface area contributed by atoms with Crippen molar-refractivity contribution in [1.82, 2.24) is 0 Å². The van der Waals surface area contributed by atoms with Crippen LogP contribution in [0.2, 0.25) is 0 Å². The molecule has 4 nitrogen and oxygen atoms in total. The summed E-state index contributed by atoms with van der Waals surface area (Å²) < 4.78 is 5.10. The van der Waals surface area contributed by atoms with Gasteiger partial charge in [0.2, 0.25) is 0 Å². The lowest BCUT2D eigenvalue weighted by Gasteiger charge is -2.06. The molecule has 0 bridgehead atoms. The number of nitrogens with zero attached hydrogens (tertiary/aromatic N) is 2. The van der Waals surface area contributed by atoms with E-state index in [9.17, 15) is 0 Å². The smallest absolute Gasteiger partial charge is 0.134 e. The average molecular weight is 128 g/mol. The molecule has 0 saturated carbocycles. The van der Waals surface area contributed by atoms with Crippen molar-refractivity contribution in [2.24, 2.45) is 10.3 Å². The highest BCUT2D eigenvalue weighted by molar-refractivity contribution is 5.86. The fourth-order valence-corrected chi connectivity index (χ4v) is 0.519. The van der Waals surface area contributed by atoms with Crippen LogP contribution in [0.4, 0.5) is 0 Å². The van der Waals surface area contributed by atoms with Gasteiger partial charge < -0.3 is 4.74 Å². The van der Waals surface area contributed by atoms with Crippen molar-refractivity contribution in [2.75, 3.05) is 6.61 Å². The van der Waals surface area contributed by atoms with Crippen molar-refractivity contribution in [3.8, 4) is 0 Å². The minimum Gasteiger partial charge on any atom is -0.367 e. The minimum atomic E-state index is -0.108. The third kappa shape index (κ3) is 1.81. The zero-order chi connectivity index (χ0) is 6.53. The predicted octanol–water partition coefficient (Wildman–Crippen LogP) is 0.393. The fourth-order valence-electron chi connectivity index (χ4n) is 0.519. The molecule has 1 heterocycles.